The molecule has 1 unspecified atom stereocenters. The van der Waals surface area contributed by atoms with Crippen LogP contribution in [0.4, 0.5) is 0 Å². The molecule has 0 aliphatic rings. The van der Waals surface area contributed by atoms with E-state index in [0.717, 1.165) is 6.21 Å². The molecule has 4 heteroatoms. The number of carbonyl (C=O) groups excluding carboxylic acids is 2. The van der Waals surface area contributed by atoms with Gasteiger partial charge in [0.25, 0.3) is 0 Å². The van der Waals surface area contributed by atoms with Crippen LogP contribution in [0.25, 0.3) is 0 Å². The van der Waals surface area contributed by atoms with Gasteiger partial charge in [0.1, 0.15) is 5.78 Å². The Morgan fingerprint density at radius 1 is 1.39 bits per heavy atom. The van der Waals surface area contributed by atoms with Crippen molar-refractivity contribution in [3.63, 3.8) is 0 Å². The quantitative estimate of drug-likeness (QED) is 0.581. The number of nitrogens with one attached hydrogen (secondary N) is 1. The Balaban J connectivity index is -0.000000389. The first kappa shape index (κ1) is 21.5. The first-order valence-electron chi connectivity index (χ1n) is 5.99. The molecule has 0 aromatic heterocycles. The third-order valence-electron chi connectivity index (χ3n) is 1.73. The Hall–Kier alpha value is -1.76. The summed E-state index contributed by atoms with van der Waals surface area (Å²) in [6, 6.07) is 1.75. The molecular formula is C14H24N2O2. The number of hydrogen-bond acceptors (Lipinski definition) is 4. The second kappa shape index (κ2) is 17.6. The van der Waals surface area contributed by atoms with Crippen molar-refractivity contribution < 1.29 is 9.59 Å². The van der Waals surface area contributed by atoms with Crippen molar-refractivity contribution in [2.24, 2.45) is 5.92 Å². The second-order valence-corrected chi connectivity index (χ2v) is 3.18. The van der Waals surface area contributed by atoms with E-state index in [1.54, 1.807) is 6.07 Å². The Kier molecular flexibility index (Phi) is 21.1. The summed E-state index contributed by atoms with van der Waals surface area (Å²) in [6.45, 7) is 8.75. The maximum atomic E-state index is 11.1. The lowest BCUT2D eigenvalue weighted by Gasteiger charge is -2.07. The van der Waals surface area contributed by atoms with Gasteiger partial charge in [0.05, 0.1) is 12.3 Å². The molecule has 0 fully saturated rings. The van der Waals surface area contributed by atoms with E-state index in [1.807, 2.05) is 32.9 Å². The van der Waals surface area contributed by atoms with Gasteiger partial charge in [-0.25, -0.2) is 0 Å². The highest BCUT2D eigenvalue weighted by atomic mass is 16.1. The third kappa shape index (κ3) is 16.7. The van der Waals surface area contributed by atoms with Gasteiger partial charge in [0, 0.05) is 19.3 Å². The molecule has 0 rings (SSSR count). The molecule has 0 saturated carbocycles. The lowest BCUT2D eigenvalue weighted by atomic mass is 9.95. The number of ketones is 2. The van der Waals surface area contributed by atoms with E-state index in [-0.39, 0.29) is 23.9 Å². The van der Waals surface area contributed by atoms with Gasteiger partial charge >= 0.3 is 0 Å². The SMILES string of the molecule is C/C=C/CC(CC(C)=O)C(=O)C=N.CC.CC#N. The van der Waals surface area contributed by atoms with Crippen LogP contribution in [0.5, 0.6) is 0 Å². The molecule has 1 N–H and O–H groups in total. The Bertz CT molecular complexity index is 301. The molecule has 0 spiro atoms. The molecule has 0 aliphatic carbocycles. The van der Waals surface area contributed by atoms with E-state index in [4.69, 9.17) is 10.7 Å². The molecule has 18 heavy (non-hydrogen) atoms. The van der Waals surface area contributed by atoms with Crippen molar-refractivity contribution in [3.8, 4) is 6.07 Å². The molecule has 0 aromatic carbocycles. The van der Waals surface area contributed by atoms with E-state index >= 15 is 0 Å². The maximum absolute atomic E-state index is 11.1. The van der Waals surface area contributed by atoms with Crippen LogP contribution in [0.3, 0.4) is 0 Å². The highest BCUT2D eigenvalue weighted by Crippen LogP contribution is 2.10. The number of carbonyl (C=O) groups is 2. The Morgan fingerprint density at radius 3 is 2.11 bits per heavy atom. The summed E-state index contributed by atoms with van der Waals surface area (Å²) in [4.78, 5) is 21.9. The molecular weight excluding hydrogens is 228 g/mol. The van der Waals surface area contributed by atoms with Crippen LogP contribution in [-0.4, -0.2) is 17.8 Å². The minimum absolute atomic E-state index is 0.00953. The molecule has 0 bridgehead atoms. The summed E-state index contributed by atoms with van der Waals surface area (Å²) >= 11 is 0. The number of nitrogens with zero attached hydrogens (tertiary/aromatic N) is 1. The minimum atomic E-state index is -0.341. The molecule has 102 valence electrons. The molecule has 0 aromatic rings. The van der Waals surface area contributed by atoms with Gasteiger partial charge in [-0.05, 0) is 20.3 Å². The maximum Gasteiger partial charge on any atom is 0.176 e. The van der Waals surface area contributed by atoms with E-state index in [1.165, 1.54) is 13.8 Å². The average molecular weight is 252 g/mol. The van der Waals surface area contributed by atoms with Gasteiger partial charge in [-0.15, -0.1) is 0 Å². The van der Waals surface area contributed by atoms with Crippen LogP contribution in [0.2, 0.25) is 0 Å². The number of allylic oxidation sites excluding steroid dienone is 2. The van der Waals surface area contributed by atoms with Crippen LogP contribution < -0.4 is 0 Å². The second-order valence-electron chi connectivity index (χ2n) is 3.18. The summed E-state index contributed by atoms with van der Waals surface area (Å²) in [6.07, 6.45) is 5.25. The zero-order chi connectivity index (χ0) is 15.0. The zero-order valence-corrected chi connectivity index (χ0v) is 12.0. The third-order valence-corrected chi connectivity index (χ3v) is 1.73. The lowest BCUT2D eigenvalue weighted by Crippen LogP contribution is -2.17. The first-order valence-corrected chi connectivity index (χ1v) is 5.99. The average Bonchev–Trinajstić information content (AvgIpc) is 2.36. The fourth-order valence-corrected chi connectivity index (χ4v) is 1.07. The topological polar surface area (TPSA) is 81.8 Å². The fourth-order valence-electron chi connectivity index (χ4n) is 1.07. The predicted molar refractivity (Wildman–Crippen MR) is 74.6 cm³/mol. The Morgan fingerprint density at radius 2 is 1.83 bits per heavy atom. The molecule has 1 atom stereocenters. The van der Waals surface area contributed by atoms with E-state index < -0.39 is 0 Å². The summed E-state index contributed by atoms with van der Waals surface area (Å²) in [5.74, 6) is -0.621. The van der Waals surface area contributed by atoms with Gasteiger partial charge in [-0.3, -0.25) is 4.79 Å². The van der Waals surface area contributed by atoms with Crippen molar-refractivity contribution in [2.75, 3.05) is 0 Å². The van der Waals surface area contributed by atoms with Gasteiger partial charge in [-0.1, -0.05) is 26.0 Å². The highest BCUT2D eigenvalue weighted by molar-refractivity contribution is 6.27. The van der Waals surface area contributed by atoms with Crippen LogP contribution in [0.15, 0.2) is 12.2 Å². The summed E-state index contributed by atoms with van der Waals surface area (Å²) < 4.78 is 0. The Labute approximate surface area is 110 Å². The van der Waals surface area contributed by atoms with Gasteiger partial charge in [-0.2, -0.15) is 5.26 Å². The number of hydrogen-bond donors (Lipinski definition) is 1. The van der Waals surface area contributed by atoms with E-state index in [0.29, 0.717) is 6.42 Å². The lowest BCUT2D eigenvalue weighted by molar-refractivity contribution is -0.123. The van der Waals surface area contributed by atoms with Gasteiger partial charge in [0.15, 0.2) is 5.78 Å². The van der Waals surface area contributed by atoms with Crippen molar-refractivity contribution >= 4 is 17.8 Å². The van der Waals surface area contributed by atoms with Crippen LogP contribution in [-0.2, 0) is 9.59 Å². The molecule has 0 radical (unpaired) electrons. The number of Topliss-reactive ketones (excluding diaryl/α,β-unsaturated/α-hetero) is 2. The molecule has 0 aliphatic heterocycles. The normalized spacial score (nSPS) is 10.0. The van der Waals surface area contributed by atoms with Crippen molar-refractivity contribution in [1.82, 2.24) is 0 Å². The largest absolute Gasteiger partial charge is 0.305 e. The molecule has 0 heterocycles. The summed E-state index contributed by atoms with van der Waals surface area (Å²) in [7, 11) is 0. The highest BCUT2D eigenvalue weighted by Gasteiger charge is 2.16. The summed E-state index contributed by atoms with van der Waals surface area (Å²) in [5, 5.41) is 14.1. The molecule has 4 nitrogen and oxygen atoms in total. The number of nitriles is 1. The van der Waals surface area contributed by atoms with Crippen LogP contribution >= 0.6 is 0 Å². The minimum Gasteiger partial charge on any atom is -0.305 e. The fraction of sp³-hybridized carbons (Fsp3) is 0.571. The smallest absolute Gasteiger partial charge is 0.176 e. The molecule has 0 saturated heterocycles. The van der Waals surface area contributed by atoms with Crippen LogP contribution in [0, 0.1) is 22.7 Å². The van der Waals surface area contributed by atoms with Gasteiger partial charge < -0.3 is 10.2 Å². The molecule has 0 amide bonds. The van der Waals surface area contributed by atoms with Crippen molar-refractivity contribution in [1.29, 1.82) is 10.7 Å². The van der Waals surface area contributed by atoms with Gasteiger partial charge in [0.2, 0.25) is 0 Å². The number of rotatable bonds is 6. The first-order chi connectivity index (χ1) is 8.53. The van der Waals surface area contributed by atoms with Crippen LogP contribution in [0.1, 0.15) is 47.5 Å². The predicted octanol–water partition coefficient (Wildman–Crippen LogP) is 3.32. The van der Waals surface area contributed by atoms with Crippen molar-refractivity contribution in [3.05, 3.63) is 12.2 Å². The summed E-state index contributed by atoms with van der Waals surface area (Å²) in [5.41, 5.74) is 0. The van der Waals surface area contributed by atoms with Crippen molar-refractivity contribution in [2.45, 2.75) is 47.5 Å². The van der Waals surface area contributed by atoms with E-state index in [2.05, 4.69) is 0 Å². The standard InChI is InChI=1S/C10H15NO2.C2H3N.C2H6/c1-3-4-5-9(6-8(2)12)10(13)7-11;1-2-3;1-2/h3-4,7,9,11H,5-6H2,1-2H3;1H3;1-2H3/b4-3+,11-7?;;. The zero-order valence-electron chi connectivity index (χ0n) is 12.0. The monoisotopic (exact) mass is 252 g/mol. The van der Waals surface area contributed by atoms with E-state index in [9.17, 15) is 9.59 Å².